The van der Waals surface area contributed by atoms with Crippen LogP contribution >= 0.6 is 0 Å². The fourth-order valence-corrected chi connectivity index (χ4v) is 4.60. The fraction of sp³-hybridized carbons (Fsp3) is 0.556. The van der Waals surface area contributed by atoms with Gasteiger partial charge >= 0.3 is 0 Å². The summed E-state index contributed by atoms with van der Waals surface area (Å²) in [6, 6.07) is 2.37. The number of fused-ring (bicyclic) bond motifs is 1. The van der Waals surface area contributed by atoms with Crippen LogP contribution in [0.5, 0.6) is 11.5 Å². The van der Waals surface area contributed by atoms with Crippen molar-refractivity contribution in [3.63, 3.8) is 0 Å². The van der Waals surface area contributed by atoms with Gasteiger partial charge < -0.3 is 14.9 Å². The molecular weight excluding hydrogens is 278 g/mol. The van der Waals surface area contributed by atoms with E-state index in [1.807, 2.05) is 12.1 Å². The molecule has 2 aliphatic carbocycles. The summed E-state index contributed by atoms with van der Waals surface area (Å²) in [5.41, 5.74) is 3.49. The van der Waals surface area contributed by atoms with E-state index >= 15 is 0 Å². The van der Waals surface area contributed by atoms with Crippen LogP contribution < -0.4 is 4.74 Å². The summed E-state index contributed by atoms with van der Waals surface area (Å²) >= 11 is 0. The standard InChI is InChI=1S/C18H23NO3/c1-19-8-5-11-9-14(22-2)17(21)16-15(11)13(19)10-18(16)6-3-12(20)4-7-18/h3,6,9,12-13,20-21H,4-5,7-8,10H2,1-2H3/t12-,13+,18-/m1/s1. The first kappa shape index (κ1) is 14.1. The Morgan fingerprint density at radius 3 is 2.91 bits per heavy atom. The van der Waals surface area contributed by atoms with Gasteiger partial charge in [0.05, 0.1) is 13.2 Å². The van der Waals surface area contributed by atoms with Crippen molar-refractivity contribution < 1.29 is 14.9 Å². The lowest BCUT2D eigenvalue weighted by Crippen LogP contribution is -2.32. The Kier molecular flexibility index (Phi) is 3.03. The summed E-state index contributed by atoms with van der Waals surface area (Å²) in [7, 11) is 3.78. The SMILES string of the molecule is COc1cc2c3c(c1O)[C@@]1(C=C[C@@H](O)CC1)C[C@@H]3N(C)CC2. The van der Waals surface area contributed by atoms with Crippen molar-refractivity contribution in [1.29, 1.82) is 0 Å². The van der Waals surface area contributed by atoms with Crippen LogP contribution in [-0.2, 0) is 11.8 Å². The molecule has 4 rings (SSSR count). The summed E-state index contributed by atoms with van der Waals surface area (Å²) in [5.74, 6) is 0.873. The van der Waals surface area contributed by atoms with Crippen LogP contribution in [-0.4, -0.2) is 41.9 Å². The third-order valence-corrected chi connectivity index (χ3v) is 5.79. The fourth-order valence-electron chi connectivity index (χ4n) is 4.60. The maximum Gasteiger partial charge on any atom is 0.162 e. The van der Waals surface area contributed by atoms with E-state index in [-0.39, 0.29) is 11.5 Å². The number of hydrogen-bond acceptors (Lipinski definition) is 4. The molecule has 0 unspecified atom stereocenters. The van der Waals surface area contributed by atoms with Gasteiger partial charge in [0.2, 0.25) is 0 Å². The Hall–Kier alpha value is -1.52. The lowest BCUT2D eigenvalue weighted by Gasteiger charge is -2.33. The van der Waals surface area contributed by atoms with Crippen LogP contribution in [0.15, 0.2) is 18.2 Å². The van der Waals surface area contributed by atoms with E-state index in [4.69, 9.17) is 4.74 Å². The zero-order valence-electron chi connectivity index (χ0n) is 13.2. The third-order valence-electron chi connectivity index (χ3n) is 5.79. The smallest absolute Gasteiger partial charge is 0.162 e. The first-order valence-corrected chi connectivity index (χ1v) is 8.06. The number of methoxy groups -OCH3 is 1. The molecule has 0 bridgehead atoms. The number of aromatic hydroxyl groups is 1. The molecule has 0 amide bonds. The highest BCUT2D eigenvalue weighted by Crippen LogP contribution is 2.59. The van der Waals surface area contributed by atoms with Crippen molar-refractivity contribution >= 4 is 0 Å². The van der Waals surface area contributed by atoms with Crippen molar-refractivity contribution in [3.05, 3.63) is 34.9 Å². The third kappa shape index (κ3) is 1.77. The number of aliphatic hydroxyl groups excluding tert-OH is 1. The lowest BCUT2D eigenvalue weighted by molar-refractivity contribution is 0.172. The number of aliphatic hydroxyl groups is 1. The van der Waals surface area contributed by atoms with Crippen LogP contribution in [0, 0.1) is 0 Å². The first-order valence-electron chi connectivity index (χ1n) is 8.06. The van der Waals surface area contributed by atoms with E-state index < -0.39 is 0 Å². The highest BCUT2D eigenvalue weighted by atomic mass is 16.5. The van der Waals surface area contributed by atoms with Crippen LogP contribution in [0.4, 0.5) is 0 Å². The molecule has 0 saturated carbocycles. The van der Waals surface area contributed by atoms with Crippen LogP contribution in [0.3, 0.4) is 0 Å². The predicted molar refractivity (Wildman–Crippen MR) is 84.4 cm³/mol. The Morgan fingerprint density at radius 2 is 2.23 bits per heavy atom. The van der Waals surface area contributed by atoms with E-state index in [1.54, 1.807) is 7.11 Å². The topological polar surface area (TPSA) is 52.9 Å². The van der Waals surface area contributed by atoms with Gasteiger partial charge in [0.1, 0.15) is 0 Å². The summed E-state index contributed by atoms with van der Waals surface area (Å²) in [6.07, 6.45) is 7.27. The van der Waals surface area contributed by atoms with Gasteiger partial charge in [-0.05, 0) is 49.9 Å². The molecule has 3 atom stereocenters. The Bertz CT molecular complexity index is 654. The van der Waals surface area contributed by atoms with Crippen molar-refractivity contribution in [3.8, 4) is 11.5 Å². The minimum Gasteiger partial charge on any atom is -0.504 e. The highest BCUT2D eigenvalue weighted by Gasteiger charge is 2.49. The average molecular weight is 301 g/mol. The van der Waals surface area contributed by atoms with E-state index in [2.05, 4.69) is 18.0 Å². The second kappa shape index (κ2) is 4.74. The van der Waals surface area contributed by atoms with Crippen molar-refractivity contribution in [2.45, 2.75) is 43.2 Å². The number of phenols is 1. The molecule has 22 heavy (non-hydrogen) atoms. The first-order chi connectivity index (χ1) is 10.6. The molecule has 0 aromatic heterocycles. The molecule has 1 spiro atoms. The number of ether oxygens (including phenoxy) is 1. The van der Waals surface area contributed by atoms with Gasteiger partial charge in [-0.15, -0.1) is 0 Å². The van der Waals surface area contributed by atoms with Crippen LogP contribution in [0.2, 0.25) is 0 Å². The number of hydrogen-bond donors (Lipinski definition) is 2. The normalized spacial score (nSPS) is 33.2. The van der Waals surface area contributed by atoms with Gasteiger partial charge in [0, 0.05) is 23.6 Å². The van der Waals surface area contributed by atoms with Crippen molar-refractivity contribution in [2.75, 3.05) is 20.7 Å². The maximum atomic E-state index is 10.8. The molecule has 2 N–H and O–H groups in total. The number of allylic oxidation sites excluding steroid dienone is 1. The molecule has 118 valence electrons. The lowest BCUT2D eigenvalue weighted by atomic mass is 9.73. The van der Waals surface area contributed by atoms with E-state index in [9.17, 15) is 10.2 Å². The molecule has 1 heterocycles. The molecule has 0 saturated heterocycles. The molecule has 1 aromatic carbocycles. The molecule has 4 heteroatoms. The molecule has 1 aromatic rings. The Morgan fingerprint density at radius 1 is 1.41 bits per heavy atom. The minimum atomic E-state index is -0.358. The Labute approximate surface area is 131 Å². The predicted octanol–water partition coefficient (Wildman–Crippen LogP) is 2.28. The molecule has 0 fully saturated rings. The maximum absolute atomic E-state index is 10.8. The summed E-state index contributed by atoms with van der Waals surface area (Å²) in [5, 5.41) is 20.6. The Balaban J connectivity index is 1.96. The van der Waals surface area contributed by atoms with Gasteiger partial charge in [-0.2, -0.15) is 0 Å². The quantitative estimate of drug-likeness (QED) is 0.782. The van der Waals surface area contributed by atoms with Gasteiger partial charge in [-0.3, -0.25) is 4.90 Å². The summed E-state index contributed by atoms with van der Waals surface area (Å²) in [4.78, 5) is 2.39. The zero-order chi connectivity index (χ0) is 15.5. The van der Waals surface area contributed by atoms with E-state index in [0.717, 1.165) is 37.8 Å². The van der Waals surface area contributed by atoms with Crippen molar-refractivity contribution in [1.82, 2.24) is 4.90 Å². The molecule has 1 aliphatic heterocycles. The molecule has 3 aliphatic rings. The van der Waals surface area contributed by atoms with Crippen LogP contribution in [0.1, 0.15) is 42.0 Å². The number of nitrogens with zero attached hydrogens (tertiary/aromatic N) is 1. The van der Waals surface area contributed by atoms with Gasteiger partial charge in [-0.1, -0.05) is 12.2 Å². The van der Waals surface area contributed by atoms with Crippen LogP contribution in [0.25, 0.3) is 0 Å². The van der Waals surface area contributed by atoms with Gasteiger partial charge in [0.15, 0.2) is 11.5 Å². The second-order valence-electron chi connectivity index (χ2n) is 6.95. The second-order valence-corrected chi connectivity index (χ2v) is 6.95. The molecule has 0 radical (unpaired) electrons. The highest BCUT2D eigenvalue weighted by molar-refractivity contribution is 5.63. The largest absolute Gasteiger partial charge is 0.504 e. The van der Waals surface area contributed by atoms with E-state index in [0.29, 0.717) is 17.5 Å². The monoisotopic (exact) mass is 301 g/mol. The number of benzene rings is 1. The minimum absolute atomic E-state index is 0.162. The zero-order valence-corrected chi connectivity index (χ0v) is 13.2. The van der Waals surface area contributed by atoms with Gasteiger partial charge in [0.25, 0.3) is 0 Å². The van der Waals surface area contributed by atoms with Gasteiger partial charge in [-0.25, -0.2) is 0 Å². The molecule has 4 nitrogen and oxygen atoms in total. The van der Waals surface area contributed by atoms with E-state index in [1.165, 1.54) is 11.1 Å². The molecular formula is C18H23NO3. The average Bonchev–Trinajstić information content (AvgIpc) is 2.86. The number of likely N-dealkylation sites (N-methyl/N-ethyl adjacent to an activating group) is 1. The number of rotatable bonds is 1. The summed E-state index contributed by atoms with van der Waals surface area (Å²) in [6.45, 7) is 1.04. The number of phenolic OH excluding ortho intramolecular Hbond substituents is 1. The van der Waals surface area contributed by atoms with Crippen molar-refractivity contribution in [2.24, 2.45) is 0 Å². The summed E-state index contributed by atoms with van der Waals surface area (Å²) < 4.78 is 5.42.